The maximum absolute atomic E-state index is 12.4. The van der Waals surface area contributed by atoms with Crippen molar-refractivity contribution < 1.29 is 14.4 Å². The van der Waals surface area contributed by atoms with Gasteiger partial charge in [-0.3, -0.25) is 14.4 Å². The largest absolute Gasteiger partial charge is 0.322 e. The summed E-state index contributed by atoms with van der Waals surface area (Å²) in [6.07, 6.45) is 0. The van der Waals surface area contributed by atoms with Gasteiger partial charge in [0.05, 0.1) is 0 Å². The second-order valence-corrected chi connectivity index (χ2v) is 7.78. The van der Waals surface area contributed by atoms with Crippen LogP contribution in [-0.2, 0) is 0 Å². The van der Waals surface area contributed by atoms with Crippen LogP contribution in [0.2, 0.25) is 0 Å². The second kappa shape index (κ2) is 10.5. The van der Waals surface area contributed by atoms with Crippen LogP contribution in [0.4, 0.5) is 5.69 Å². The highest BCUT2D eigenvalue weighted by molar-refractivity contribution is 6.06. The molecule has 160 valence electrons. The van der Waals surface area contributed by atoms with Gasteiger partial charge in [0.15, 0.2) is 11.6 Å². The lowest BCUT2D eigenvalue weighted by Gasteiger charge is -2.12. The van der Waals surface area contributed by atoms with E-state index in [0.717, 1.165) is 22.3 Å². The summed E-state index contributed by atoms with van der Waals surface area (Å²) in [6.45, 7) is 11.0. The Balaban J connectivity index is 0.000000285. The number of aryl methyl sites for hydroxylation is 4. The van der Waals surface area contributed by atoms with Crippen LogP contribution in [0, 0.1) is 27.7 Å². The van der Waals surface area contributed by atoms with E-state index in [4.69, 9.17) is 0 Å². The number of nitrogens with one attached hydrogen (secondary N) is 1. The lowest BCUT2D eigenvalue weighted by Crippen LogP contribution is -2.15. The molecule has 1 N–H and O–H groups in total. The smallest absolute Gasteiger partial charge is 0.256 e. The second-order valence-electron chi connectivity index (χ2n) is 7.78. The van der Waals surface area contributed by atoms with Gasteiger partial charge in [0.1, 0.15) is 0 Å². The Hall–Kier alpha value is -3.53. The zero-order valence-corrected chi connectivity index (χ0v) is 19.0. The molecule has 0 aliphatic rings. The van der Waals surface area contributed by atoms with Crippen LogP contribution in [0.15, 0.2) is 60.7 Å². The summed E-state index contributed by atoms with van der Waals surface area (Å²) in [5.74, 6) is 0.0127. The molecule has 0 bridgehead atoms. The van der Waals surface area contributed by atoms with Gasteiger partial charge in [-0.1, -0.05) is 47.5 Å². The molecule has 4 heteroatoms. The zero-order valence-electron chi connectivity index (χ0n) is 19.0. The Morgan fingerprint density at radius 1 is 0.613 bits per heavy atom. The predicted octanol–water partition coefficient (Wildman–Crippen LogP) is 6.26. The van der Waals surface area contributed by atoms with Crippen LogP contribution in [0.25, 0.3) is 0 Å². The number of carbonyl (C=O) groups is 3. The van der Waals surface area contributed by atoms with Gasteiger partial charge in [-0.25, -0.2) is 0 Å². The van der Waals surface area contributed by atoms with Crippen LogP contribution in [0.1, 0.15) is 67.2 Å². The zero-order chi connectivity index (χ0) is 23.1. The molecule has 0 aliphatic heterocycles. The molecule has 3 aromatic rings. The van der Waals surface area contributed by atoms with Crippen molar-refractivity contribution in [1.29, 1.82) is 0 Å². The highest BCUT2D eigenvalue weighted by Crippen LogP contribution is 2.19. The van der Waals surface area contributed by atoms with Crippen LogP contribution < -0.4 is 5.32 Å². The fourth-order valence-electron chi connectivity index (χ4n) is 3.31. The molecule has 1 amide bonds. The summed E-state index contributed by atoms with van der Waals surface area (Å²) in [7, 11) is 0. The Morgan fingerprint density at radius 2 is 1.03 bits per heavy atom. The van der Waals surface area contributed by atoms with Crippen molar-refractivity contribution in [2.75, 3.05) is 5.32 Å². The first-order valence-electron chi connectivity index (χ1n) is 10.2. The number of hydrogen-bond acceptors (Lipinski definition) is 3. The van der Waals surface area contributed by atoms with E-state index in [2.05, 4.69) is 5.32 Å². The summed E-state index contributed by atoms with van der Waals surface area (Å²) in [6, 6.07) is 18.5. The summed E-state index contributed by atoms with van der Waals surface area (Å²) < 4.78 is 0. The van der Waals surface area contributed by atoms with E-state index in [1.165, 1.54) is 12.5 Å². The number of hydrogen-bond donors (Lipinski definition) is 1. The molecule has 0 atom stereocenters. The molecule has 31 heavy (non-hydrogen) atoms. The first-order chi connectivity index (χ1) is 14.6. The standard InChI is InChI=1S/C18H19NO2.C9H10O/c1-11-9-12(2)17(13(3)10-11)18(21)19-16-7-5-15(6-8-16)14(4)20;1-7-3-5-9(6-4-7)8(2)10/h5-10H,1-4H3,(H,19,21);3-6H,1-2H3. The van der Waals surface area contributed by atoms with Crippen LogP contribution in [0.3, 0.4) is 0 Å². The summed E-state index contributed by atoms with van der Waals surface area (Å²) >= 11 is 0. The Kier molecular flexibility index (Phi) is 8.03. The molecule has 3 rings (SSSR count). The van der Waals surface area contributed by atoms with Gasteiger partial charge in [-0.15, -0.1) is 0 Å². The van der Waals surface area contributed by atoms with Gasteiger partial charge in [0, 0.05) is 22.4 Å². The first-order valence-corrected chi connectivity index (χ1v) is 10.2. The monoisotopic (exact) mass is 415 g/mol. The molecule has 3 aromatic carbocycles. The Morgan fingerprint density at radius 3 is 1.45 bits per heavy atom. The summed E-state index contributed by atoms with van der Waals surface area (Å²) in [5.41, 5.74) is 7.06. The minimum Gasteiger partial charge on any atom is -0.322 e. The quantitative estimate of drug-likeness (QED) is 0.511. The molecule has 0 heterocycles. The number of carbonyl (C=O) groups excluding carboxylic acids is 3. The van der Waals surface area contributed by atoms with Crippen LogP contribution in [-0.4, -0.2) is 17.5 Å². The number of benzene rings is 3. The number of amides is 1. The number of ketones is 2. The lowest BCUT2D eigenvalue weighted by atomic mass is 9.99. The highest BCUT2D eigenvalue weighted by atomic mass is 16.1. The molecule has 0 radical (unpaired) electrons. The molecule has 4 nitrogen and oxygen atoms in total. The fraction of sp³-hybridized carbons (Fsp3) is 0.222. The van der Waals surface area contributed by atoms with Gasteiger partial charge in [0.25, 0.3) is 5.91 Å². The van der Waals surface area contributed by atoms with Crippen molar-refractivity contribution in [3.8, 4) is 0 Å². The molecule has 0 saturated carbocycles. The van der Waals surface area contributed by atoms with Gasteiger partial charge >= 0.3 is 0 Å². The topological polar surface area (TPSA) is 63.2 Å². The Bertz CT molecular complexity index is 1070. The normalized spacial score (nSPS) is 10.0. The summed E-state index contributed by atoms with van der Waals surface area (Å²) in [4.78, 5) is 34.4. The molecule has 0 aliphatic carbocycles. The van der Waals surface area contributed by atoms with E-state index in [9.17, 15) is 14.4 Å². The maximum atomic E-state index is 12.4. The van der Waals surface area contributed by atoms with Crippen LogP contribution >= 0.6 is 0 Å². The third-order valence-corrected chi connectivity index (χ3v) is 4.91. The van der Waals surface area contributed by atoms with Gasteiger partial charge < -0.3 is 5.32 Å². The predicted molar refractivity (Wildman–Crippen MR) is 126 cm³/mol. The average Bonchev–Trinajstić information content (AvgIpc) is 2.68. The fourth-order valence-corrected chi connectivity index (χ4v) is 3.31. The number of Topliss-reactive ketones (excluding diaryl/α,β-unsaturated/α-hetero) is 2. The lowest BCUT2D eigenvalue weighted by molar-refractivity contribution is 0.100. The summed E-state index contributed by atoms with van der Waals surface area (Å²) in [5, 5.41) is 2.88. The molecular formula is C27H29NO3. The average molecular weight is 416 g/mol. The van der Waals surface area contributed by atoms with Crippen molar-refractivity contribution in [3.05, 3.63) is 99.6 Å². The van der Waals surface area contributed by atoms with Crippen molar-refractivity contribution in [2.45, 2.75) is 41.5 Å². The third kappa shape index (κ3) is 6.75. The van der Waals surface area contributed by atoms with E-state index in [1.807, 2.05) is 64.1 Å². The number of anilines is 1. The van der Waals surface area contributed by atoms with Crippen molar-refractivity contribution in [2.24, 2.45) is 0 Å². The van der Waals surface area contributed by atoms with E-state index in [1.54, 1.807) is 31.2 Å². The van der Waals surface area contributed by atoms with Crippen molar-refractivity contribution >= 4 is 23.2 Å². The van der Waals surface area contributed by atoms with E-state index >= 15 is 0 Å². The van der Waals surface area contributed by atoms with E-state index < -0.39 is 0 Å². The molecule has 0 spiro atoms. The third-order valence-electron chi connectivity index (χ3n) is 4.91. The Labute approximate surface area is 184 Å². The van der Waals surface area contributed by atoms with E-state index in [0.29, 0.717) is 16.8 Å². The van der Waals surface area contributed by atoms with Crippen molar-refractivity contribution in [3.63, 3.8) is 0 Å². The van der Waals surface area contributed by atoms with Crippen molar-refractivity contribution in [1.82, 2.24) is 0 Å². The van der Waals surface area contributed by atoms with Gasteiger partial charge in [-0.2, -0.15) is 0 Å². The number of rotatable bonds is 4. The first kappa shape index (κ1) is 23.7. The molecule has 0 fully saturated rings. The minimum atomic E-state index is -0.124. The van der Waals surface area contributed by atoms with Gasteiger partial charge in [-0.05, 0) is 76.9 Å². The molecule has 0 unspecified atom stereocenters. The van der Waals surface area contributed by atoms with Crippen LogP contribution in [0.5, 0.6) is 0 Å². The molecular weight excluding hydrogens is 386 g/mol. The molecule has 0 aromatic heterocycles. The minimum absolute atomic E-state index is 0.0121. The highest BCUT2D eigenvalue weighted by Gasteiger charge is 2.13. The van der Waals surface area contributed by atoms with E-state index in [-0.39, 0.29) is 17.5 Å². The van der Waals surface area contributed by atoms with Gasteiger partial charge in [0.2, 0.25) is 0 Å². The maximum Gasteiger partial charge on any atom is 0.256 e. The SMILES string of the molecule is CC(=O)c1ccc(C)cc1.CC(=O)c1ccc(NC(=O)c2c(C)cc(C)cc2C)cc1. The molecule has 0 saturated heterocycles.